The second-order valence-electron chi connectivity index (χ2n) is 5.16. The van der Waals surface area contributed by atoms with Gasteiger partial charge in [-0.2, -0.15) is 0 Å². The minimum Gasteiger partial charge on any atom is -0.373 e. The molecule has 2 atom stereocenters. The summed E-state index contributed by atoms with van der Waals surface area (Å²) in [4.78, 5) is 11.9. The molecule has 2 unspecified atom stereocenters. The first kappa shape index (κ1) is 11.9. The summed E-state index contributed by atoms with van der Waals surface area (Å²) in [6.07, 6.45) is 2.58. The molecule has 0 amide bonds. The zero-order valence-electron chi connectivity index (χ0n) is 10.5. The summed E-state index contributed by atoms with van der Waals surface area (Å²) in [6.45, 7) is 2.41. The van der Waals surface area contributed by atoms with Crippen LogP contribution in [0.1, 0.15) is 30.1 Å². The summed E-state index contributed by atoms with van der Waals surface area (Å²) in [5, 5.41) is 3.30. The van der Waals surface area contributed by atoms with Crippen molar-refractivity contribution in [3.8, 4) is 0 Å². The fourth-order valence-corrected chi connectivity index (χ4v) is 2.95. The first-order valence-corrected chi connectivity index (χ1v) is 6.77. The summed E-state index contributed by atoms with van der Waals surface area (Å²) in [7, 11) is 0. The lowest BCUT2D eigenvalue weighted by Crippen LogP contribution is -2.38. The molecule has 1 aromatic carbocycles. The Morgan fingerprint density at radius 2 is 2.17 bits per heavy atom. The molecule has 0 aromatic heterocycles. The van der Waals surface area contributed by atoms with Crippen molar-refractivity contribution in [1.82, 2.24) is 5.32 Å². The molecule has 3 nitrogen and oxygen atoms in total. The minimum absolute atomic E-state index is 0.101. The molecule has 18 heavy (non-hydrogen) atoms. The molecule has 1 N–H and O–H groups in total. The van der Waals surface area contributed by atoms with Crippen molar-refractivity contribution >= 4 is 5.78 Å². The van der Waals surface area contributed by atoms with Gasteiger partial charge in [-0.05, 0) is 24.0 Å². The van der Waals surface area contributed by atoms with Gasteiger partial charge in [0.05, 0.1) is 12.7 Å². The summed E-state index contributed by atoms with van der Waals surface area (Å²) in [6, 6.07) is 8.45. The van der Waals surface area contributed by atoms with Crippen LogP contribution >= 0.6 is 0 Å². The van der Waals surface area contributed by atoms with E-state index in [4.69, 9.17) is 4.74 Å². The third-order valence-corrected chi connectivity index (χ3v) is 3.99. The monoisotopic (exact) mass is 245 g/mol. The standard InChI is InChI=1S/C15H19NO2/c17-14-5-7-16-10-12(14)9-15-13-4-2-1-3-11(13)6-8-18-15/h1-4,12,15-16H,5-10H2. The summed E-state index contributed by atoms with van der Waals surface area (Å²) in [5.74, 6) is 0.510. The Balaban J connectivity index is 1.75. The molecular formula is C15H19NO2. The Hall–Kier alpha value is -1.19. The SMILES string of the molecule is O=C1CCNCC1CC1OCCc2ccccc21. The van der Waals surface area contributed by atoms with E-state index in [0.717, 1.165) is 32.5 Å². The van der Waals surface area contributed by atoms with E-state index in [9.17, 15) is 4.79 Å². The normalized spacial score (nSPS) is 27.9. The molecule has 1 aromatic rings. The highest BCUT2D eigenvalue weighted by Crippen LogP contribution is 2.32. The Bertz CT molecular complexity index is 444. The largest absolute Gasteiger partial charge is 0.373 e. The van der Waals surface area contributed by atoms with E-state index in [1.807, 2.05) is 0 Å². The molecule has 0 aliphatic carbocycles. The van der Waals surface area contributed by atoms with Crippen LogP contribution in [0.15, 0.2) is 24.3 Å². The van der Waals surface area contributed by atoms with Gasteiger partial charge < -0.3 is 10.1 Å². The maximum Gasteiger partial charge on any atom is 0.138 e. The second-order valence-corrected chi connectivity index (χ2v) is 5.16. The van der Waals surface area contributed by atoms with Crippen LogP contribution < -0.4 is 5.32 Å². The number of piperidine rings is 1. The summed E-state index contributed by atoms with van der Waals surface area (Å²) < 4.78 is 5.88. The van der Waals surface area contributed by atoms with Crippen LogP contribution in [0.2, 0.25) is 0 Å². The summed E-state index contributed by atoms with van der Waals surface area (Å²) >= 11 is 0. The molecule has 3 rings (SSSR count). The molecule has 2 aliphatic rings. The van der Waals surface area contributed by atoms with E-state index in [1.165, 1.54) is 11.1 Å². The van der Waals surface area contributed by atoms with Gasteiger partial charge in [0.1, 0.15) is 5.78 Å². The van der Waals surface area contributed by atoms with Crippen molar-refractivity contribution in [2.75, 3.05) is 19.7 Å². The maximum absolute atomic E-state index is 11.9. The molecule has 96 valence electrons. The Morgan fingerprint density at radius 1 is 1.28 bits per heavy atom. The molecule has 1 saturated heterocycles. The number of hydrogen-bond donors (Lipinski definition) is 1. The van der Waals surface area contributed by atoms with Crippen LogP contribution in [0.3, 0.4) is 0 Å². The van der Waals surface area contributed by atoms with Crippen molar-refractivity contribution in [3.05, 3.63) is 35.4 Å². The van der Waals surface area contributed by atoms with Crippen LogP contribution in [0, 0.1) is 5.92 Å². The van der Waals surface area contributed by atoms with Crippen molar-refractivity contribution in [2.24, 2.45) is 5.92 Å². The highest BCUT2D eigenvalue weighted by molar-refractivity contribution is 5.82. The summed E-state index contributed by atoms with van der Waals surface area (Å²) in [5.41, 5.74) is 2.66. The Morgan fingerprint density at radius 3 is 3.06 bits per heavy atom. The van der Waals surface area contributed by atoms with Gasteiger partial charge in [-0.3, -0.25) is 4.79 Å². The highest BCUT2D eigenvalue weighted by atomic mass is 16.5. The molecular weight excluding hydrogens is 226 g/mol. The fraction of sp³-hybridized carbons (Fsp3) is 0.533. The number of ether oxygens (including phenoxy) is 1. The van der Waals surface area contributed by atoms with Crippen LogP contribution in [-0.4, -0.2) is 25.5 Å². The fourth-order valence-electron chi connectivity index (χ4n) is 2.95. The zero-order chi connectivity index (χ0) is 12.4. The lowest BCUT2D eigenvalue weighted by Gasteiger charge is -2.30. The van der Waals surface area contributed by atoms with Gasteiger partial charge in [-0.1, -0.05) is 24.3 Å². The maximum atomic E-state index is 11.9. The average Bonchev–Trinajstić information content (AvgIpc) is 2.42. The van der Waals surface area contributed by atoms with E-state index in [-0.39, 0.29) is 12.0 Å². The smallest absolute Gasteiger partial charge is 0.138 e. The number of fused-ring (bicyclic) bond motifs is 1. The second kappa shape index (κ2) is 5.21. The molecule has 0 radical (unpaired) electrons. The molecule has 2 aliphatic heterocycles. The van der Waals surface area contributed by atoms with Crippen molar-refractivity contribution < 1.29 is 9.53 Å². The van der Waals surface area contributed by atoms with Gasteiger partial charge in [0.2, 0.25) is 0 Å². The molecule has 3 heteroatoms. The molecule has 0 spiro atoms. The van der Waals surface area contributed by atoms with Crippen LogP contribution in [0.4, 0.5) is 0 Å². The van der Waals surface area contributed by atoms with E-state index < -0.39 is 0 Å². The van der Waals surface area contributed by atoms with E-state index in [0.29, 0.717) is 12.2 Å². The first-order chi connectivity index (χ1) is 8.84. The quantitative estimate of drug-likeness (QED) is 0.864. The topological polar surface area (TPSA) is 38.3 Å². The number of rotatable bonds is 2. The number of hydrogen-bond acceptors (Lipinski definition) is 3. The van der Waals surface area contributed by atoms with Gasteiger partial charge in [0.25, 0.3) is 0 Å². The lowest BCUT2D eigenvalue weighted by atomic mass is 9.87. The lowest BCUT2D eigenvalue weighted by molar-refractivity contribution is -0.125. The van der Waals surface area contributed by atoms with E-state index in [2.05, 4.69) is 29.6 Å². The van der Waals surface area contributed by atoms with Crippen LogP contribution in [0.25, 0.3) is 0 Å². The van der Waals surface area contributed by atoms with Crippen molar-refractivity contribution in [2.45, 2.75) is 25.4 Å². The predicted octanol–water partition coefficient (Wildman–Crippen LogP) is 1.87. The highest BCUT2D eigenvalue weighted by Gasteiger charge is 2.28. The number of ketones is 1. The minimum atomic E-state index is 0.101. The van der Waals surface area contributed by atoms with Gasteiger partial charge in [0, 0.05) is 25.4 Å². The molecule has 2 heterocycles. The van der Waals surface area contributed by atoms with Gasteiger partial charge >= 0.3 is 0 Å². The van der Waals surface area contributed by atoms with E-state index >= 15 is 0 Å². The number of benzene rings is 1. The zero-order valence-corrected chi connectivity index (χ0v) is 10.5. The molecule has 1 fully saturated rings. The van der Waals surface area contributed by atoms with Crippen LogP contribution in [-0.2, 0) is 16.0 Å². The third-order valence-electron chi connectivity index (χ3n) is 3.99. The number of nitrogens with one attached hydrogen (secondary N) is 1. The Labute approximate surface area is 108 Å². The van der Waals surface area contributed by atoms with E-state index in [1.54, 1.807) is 0 Å². The van der Waals surface area contributed by atoms with Gasteiger partial charge in [0.15, 0.2) is 0 Å². The average molecular weight is 245 g/mol. The molecule has 0 saturated carbocycles. The van der Waals surface area contributed by atoms with Gasteiger partial charge in [-0.15, -0.1) is 0 Å². The van der Waals surface area contributed by atoms with Crippen molar-refractivity contribution in [3.63, 3.8) is 0 Å². The number of Topliss-reactive ketones (excluding diaryl/α,β-unsaturated/α-hetero) is 1. The number of carbonyl (C=O) groups excluding carboxylic acids is 1. The van der Waals surface area contributed by atoms with Crippen molar-refractivity contribution in [1.29, 1.82) is 0 Å². The predicted molar refractivity (Wildman–Crippen MR) is 69.4 cm³/mol. The first-order valence-electron chi connectivity index (χ1n) is 6.77. The Kier molecular flexibility index (Phi) is 3.43. The molecule has 0 bridgehead atoms. The van der Waals surface area contributed by atoms with Gasteiger partial charge in [-0.25, -0.2) is 0 Å². The van der Waals surface area contributed by atoms with Crippen LogP contribution in [0.5, 0.6) is 0 Å². The number of carbonyl (C=O) groups is 1. The third kappa shape index (κ3) is 2.33.